The van der Waals surface area contributed by atoms with Crippen LogP contribution in [0.4, 0.5) is 5.69 Å². The molecule has 1 aromatic rings. The molecule has 3 nitrogen and oxygen atoms in total. The van der Waals surface area contributed by atoms with E-state index in [1.807, 2.05) is 31.2 Å². The number of anilines is 1. The van der Waals surface area contributed by atoms with E-state index in [1.54, 1.807) is 0 Å². The lowest BCUT2D eigenvalue weighted by Gasteiger charge is -2.28. The molecule has 2 rings (SSSR count). The van der Waals surface area contributed by atoms with Gasteiger partial charge in [0.1, 0.15) is 0 Å². The average molecular weight is 297 g/mol. The van der Waals surface area contributed by atoms with E-state index in [9.17, 15) is 4.79 Å². The Labute approximate surface area is 127 Å². The molecule has 0 aromatic heterocycles. The first-order chi connectivity index (χ1) is 9.15. The van der Waals surface area contributed by atoms with Crippen LogP contribution in [0.3, 0.4) is 0 Å². The molecule has 0 saturated carbocycles. The van der Waals surface area contributed by atoms with Gasteiger partial charge in [0.05, 0.1) is 0 Å². The monoisotopic (exact) mass is 296 g/mol. The summed E-state index contributed by atoms with van der Waals surface area (Å²) >= 11 is 0. The summed E-state index contributed by atoms with van der Waals surface area (Å²) in [4.78, 5) is 12.0. The van der Waals surface area contributed by atoms with Crippen molar-refractivity contribution in [1.82, 2.24) is 5.32 Å². The van der Waals surface area contributed by atoms with Crippen molar-refractivity contribution in [3.63, 3.8) is 0 Å². The van der Waals surface area contributed by atoms with Crippen molar-refractivity contribution in [3.05, 3.63) is 29.8 Å². The average Bonchev–Trinajstić information content (AvgIpc) is 2.42. The van der Waals surface area contributed by atoms with Gasteiger partial charge in [0.15, 0.2) is 0 Å². The number of benzene rings is 1. The molecule has 0 spiro atoms. The number of nitrogens with one attached hydrogen (secondary N) is 2. The van der Waals surface area contributed by atoms with Gasteiger partial charge in [0.25, 0.3) is 0 Å². The third-order valence-corrected chi connectivity index (χ3v) is 3.98. The Kier molecular flexibility index (Phi) is 7.03. The molecule has 4 heteroatoms. The summed E-state index contributed by atoms with van der Waals surface area (Å²) in [6, 6.07) is 7.95. The number of hydrogen-bond acceptors (Lipinski definition) is 2. The number of rotatable bonds is 4. The molecule has 1 aromatic carbocycles. The van der Waals surface area contributed by atoms with E-state index >= 15 is 0 Å². The zero-order valence-corrected chi connectivity index (χ0v) is 13.1. The maximum absolute atomic E-state index is 12.0. The van der Waals surface area contributed by atoms with Gasteiger partial charge in [-0.2, -0.15) is 0 Å². The van der Waals surface area contributed by atoms with Crippen molar-refractivity contribution < 1.29 is 4.79 Å². The van der Waals surface area contributed by atoms with Gasteiger partial charge in [-0.15, -0.1) is 12.4 Å². The van der Waals surface area contributed by atoms with Crippen LogP contribution in [0.2, 0.25) is 0 Å². The smallest absolute Gasteiger partial charge is 0.224 e. The molecule has 0 bridgehead atoms. The van der Waals surface area contributed by atoms with Gasteiger partial charge in [0.2, 0.25) is 5.91 Å². The van der Waals surface area contributed by atoms with E-state index in [2.05, 4.69) is 17.6 Å². The maximum atomic E-state index is 12.0. The fourth-order valence-electron chi connectivity index (χ4n) is 2.67. The largest absolute Gasteiger partial charge is 0.326 e. The molecular weight excluding hydrogens is 272 g/mol. The Morgan fingerprint density at radius 2 is 2.10 bits per heavy atom. The van der Waals surface area contributed by atoms with Crippen LogP contribution in [0.1, 0.15) is 31.7 Å². The first-order valence-corrected chi connectivity index (χ1v) is 7.22. The van der Waals surface area contributed by atoms with Crippen LogP contribution >= 0.6 is 12.4 Å². The molecule has 20 heavy (non-hydrogen) atoms. The highest BCUT2D eigenvalue weighted by Crippen LogP contribution is 2.23. The zero-order chi connectivity index (χ0) is 13.7. The van der Waals surface area contributed by atoms with E-state index in [4.69, 9.17) is 0 Å². The standard InChI is InChI=1S/C16H24N2O.ClH/c1-12-5-7-15(8-6-12)18-16(19)10-13(2)14-4-3-9-17-11-14;/h5-8,13-14,17H,3-4,9-11H2,1-2H3,(H,18,19);1H. The molecule has 1 aliphatic rings. The summed E-state index contributed by atoms with van der Waals surface area (Å²) in [7, 11) is 0. The van der Waals surface area contributed by atoms with Crippen molar-refractivity contribution in [2.75, 3.05) is 18.4 Å². The highest BCUT2D eigenvalue weighted by atomic mass is 35.5. The third-order valence-electron chi connectivity index (χ3n) is 3.98. The lowest BCUT2D eigenvalue weighted by atomic mass is 9.85. The first-order valence-electron chi connectivity index (χ1n) is 7.22. The molecule has 1 amide bonds. The van der Waals surface area contributed by atoms with Crippen LogP contribution in [-0.4, -0.2) is 19.0 Å². The van der Waals surface area contributed by atoms with Crippen molar-refractivity contribution in [2.24, 2.45) is 11.8 Å². The summed E-state index contributed by atoms with van der Waals surface area (Å²) in [6.45, 7) is 6.41. The van der Waals surface area contributed by atoms with Gasteiger partial charge < -0.3 is 10.6 Å². The van der Waals surface area contributed by atoms with E-state index in [-0.39, 0.29) is 18.3 Å². The number of halogens is 1. The predicted octanol–water partition coefficient (Wildman–Crippen LogP) is 3.38. The van der Waals surface area contributed by atoms with Crippen molar-refractivity contribution in [1.29, 1.82) is 0 Å². The first kappa shape index (κ1) is 17.0. The summed E-state index contributed by atoms with van der Waals surface area (Å²) < 4.78 is 0. The summed E-state index contributed by atoms with van der Waals surface area (Å²) in [6.07, 6.45) is 3.08. The minimum atomic E-state index is 0. The van der Waals surface area contributed by atoms with E-state index in [0.717, 1.165) is 18.8 Å². The molecule has 0 aliphatic carbocycles. The maximum Gasteiger partial charge on any atom is 0.224 e. The lowest BCUT2D eigenvalue weighted by molar-refractivity contribution is -0.117. The molecule has 112 valence electrons. The number of hydrogen-bond donors (Lipinski definition) is 2. The molecule has 1 saturated heterocycles. The second kappa shape index (κ2) is 8.28. The van der Waals surface area contributed by atoms with Crippen molar-refractivity contribution in [3.8, 4) is 0 Å². The van der Waals surface area contributed by atoms with Crippen LogP contribution in [0, 0.1) is 18.8 Å². The van der Waals surface area contributed by atoms with E-state index in [1.165, 1.54) is 18.4 Å². The van der Waals surface area contributed by atoms with Gasteiger partial charge in [-0.1, -0.05) is 24.6 Å². The predicted molar refractivity (Wildman–Crippen MR) is 86.4 cm³/mol. The number of aryl methyl sites for hydroxylation is 1. The number of carbonyl (C=O) groups excluding carboxylic acids is 1. The summed E-state index contributed by atoms with van der Waals surface area (Å²) in [5, 5.41) is 6.39. The number of piperidine rings is 1. The third kappa shape index (κ3) is 5.14. The molecule has 2 atom stereocenters. The highest BCUT2D eigenvalue weighted by Gasteiger charge is 2.21. The Balaban J connectivity index is 0.00000200. The molecule has 1 fully saturated rings. The van der Waals surface area contributed by atoms with E-state index < -0.39 is 0 Å². The zero-order valence-electron chi connectivity index (χ0n) is 12.3. The molecule has 0 radical (unpaired) electrons. The number of carbonyl (C=O) groups is 1. The fourth-order valence-corrected chi connectivity index (χ4v) is 2.67. The van der Waals surface area contributed by atoms with Gasteiger partial charge >= 0.3 is 0 Å². The van der Waals surface area contributed by atoms with Crippen LogP contribution in [0.25, 0.3) is 0 Å². The fraction of sp³-hybridized carbons (Fsp3) is 0.562. The molecule has 1 heterocycles. The Bertz CT molecular complexity index is 413. The second-order valence-electron chi connectivity index (χ2n) is 5.70. The SMILES string of the molecule is Cc1ccc(NC(=O)CC(C)C2CCCNC2)cc1.Cl. The topological polar surface area (TPSA) is 41.1 Å². The summed E-state index contributed by atoms with van der Waals surface area (Å²) in [5.74, 6) is 1.21. The van der Waals surface area contributed by atoms with Crippen LogP contribution < -0.4 is 10.6 Å². The molecule has 2 N–H and O–H groups in total. The van der Waals surface area contributed by atoms with Gasteiger partial charge in [-0.25, -0.2) is 0 Å². The minimum Gasteiger partial charge on any atom is -0.326 e. The highest BCUT2D eigenvalue weighted by molar-refractivity contribution is 5.90. The number of amides is 1. The Morgan fingerprint density at radius 1 is 1.40 bits per heavy atom. The normalized spacial score (nSPS) is 19.8. The summed E-state index contributed by atoms with van der Waals surface area (Å²) in [5.41, 5.74) is 2.10. The molecule has 2 unspecified atom stereocenters. The van der Waals surface area contributed by atoms with Crippen molar-refractivity contribution >= 4 is 24.0 Å². The van der Waals surface area contributed by atoms with Crippen LogP contribution in [0.5, 0.6) is 0 Å². The minimum absolute atomic E-state index is 0. The Hall–Kier alpha value is -1.06. The van der Waals surface area contributed by atoms with E-state index in [0.29, 0.717) is 18.3 Å². The second-order valence-corrected chi connectivity index (χ2v) is 5.70. The lowest BCUT2D eigenvalue weighted by Crippen LogP contribution is -2.34. The molecular formula is C16H25ClN2O. The van der Waals surface area contributed by atoms with Crippen LogP contribution in [-0.2, 0) is 4.79 Å². The quantitative estimate of drug-likeness (QED) is 0.894. The Morgan fingerprint density at radius 3 is 2.70 bits per heavy atom. The molecule has 1 aliphatic heterocycles. The van der Waals surface area contributed by atoms with Crippen LogP contribution in [0.15, 0.2) is 24.3 Å². The van der Waals surface area contributed by atoms with Crippen molar-refractivity contribution in [2.45, 2.75) is 33.1 Å². The van der Waals surface area contributed by atoms with Gasteiger partial charge in [-0.3, -0.25) is 4.79 Å². The van der Waals surface area contributed by atoms with Gasteiger partial charge in [0, 0.05) is 12.1 Å². The van der Waals surface area contributed by atoms with Gasteiger partial charge in [-0.05, 0) is 56.8 Å².